The molecule has 0 bridgehead atoms. The number of rotatable bonds is 13. The van der Waals surface area contributed by atoms with Gasteiger partial charge in [0.25, 0.3) is 0 Å². The van der Waals surface area contributed by atoms with Gasteiger partial charge in [-0.05, 0) is 24.8 Å². The van der Waals surface area contributed by atoms with Crippen LogP contribution < -0.4 is 4.57 Å². The topological polar surface area (TPSA) is 3.88 Å². The van der Waals surface area contributed by atoms with Crippen LogP contribution in [0.3, 0.4) is 0 Å². The summed E-state index contributed by atoms with van der Waals surface area (Å²) in [4.78, 5) is 0. The van der Waals surface area contributed by atoms with Gasteiger partial charge in [0.1, 0.15) is 6.54 Å². The Hall–Kier alpha value is -0.850. The molecule has 1 nitrogen and oxygen atoms in total. The molecule has 0 fully saturated rings. The molecule has 0 aliphatic carbocycles. The van der Waals surface area contributed by atoms with Gasteiger partial charge in [-0.1, -0.05) is 65.2 Å². The summed E-state index contributed by atoms with van der Waals surface area (Å²) in [5, 5.41) is 0. The first-order valence-electron chi connectivity index (χ1n) is 9.34. The maximum absolute atomic E-state index is 2.34. The summed E-state index contributed by atoms with van der Waals surface area (Å²) in [5.41, 5.74) is 1.49. The number of unbranched alkanes of at least 4 members (excludes halogenated alkanes) is 9. The van der Waals surface area contributed by atoms with Crippen molar-refractivity contribution in [2.24, 2.45) is 0 Å². The zero-order valence-electron chi connectivity index (χ0n) is 14.4. The molecular weight excluding hydrogens is 254 g/mol. The van der Waals surface area contributed by atoms with E-state index in [4.69, 9.17) is 0 Å². The minimum atomic E-state index is 1.18. The fourth-order valence-electron chi connectivity index (χ4n) is 2.79. The quantitative estimate of drug-likeness (QED) is 0.317. The van der Waals surface area contributed by atoms with Crippen LogP contribution in [0.25, 0.3) is 0 Å². The van der Waals surface area contributed by atoms with Crippen molar-refractivity contribution in [3.63, 3.8) is 0 Å². The van der Waals surface area contributed by atoms with Gasteiger partial charge in [-0.3, -0.25) is 0 Å². The Labute approximate surface area is 132 Å². The summed E-state index contributed by atoms with van der Waals surface area (Å²) in [5.74, 6) is 0. The molecule has 0 N–H and O–H groups in total. The van der Waals surface area contributed by atoms with Gasteiger partial charge in [-0.15, -0.1) is 0 Å². The first kappa shape index (κ1) is 18.2. The molecule has 0 saturated heterocycles. The molecule has 1 heteroatoms. The van der Waals surface area contributed by atoms with Gasteiger partial charge < -0.3 is 0 Å². The monoisotopic (exact) mass is 290 g/mol. The highest BCUT2D eigenvalue weighted by Gasteiger charge is 2.01. The second kappa shape index (κ2) is 12.9. The van der Waals surface area contributed by atoms with Crippen LogP contribution >= 0.6 is 0 Å². The summed E-state index contributed by atoms with van der Waals surface area (Å²) >= 11 is 0. The van der Waals surface area contributed by atoms with E-state index in [0.717, 1.165) is 0 Å². The molecule has 0 unspecified atom stereocenters. The van der Waals surface area contributed by atoms with E-state index in [0.29, 0.717) is 0 Å². The first-order valence-corrected chi connectivity index (χ1v) is 9.34. The van der Waals surface area contributed by atoms with E-state index in [2.05, 4.69) is 42.9 Å². The van der Waals surface area contributed by atoms with Crippen molar-refractivity contribution in [1.82, 2.24) is 0 Å². The Morgan fingerprint density at radius 3 is 1.76 bits per heavy atom. The Morgan fingerprint density at radius 2 is 1.19 bits per heavy atom. The van der Waals surface area contributed by atoms with Gasteiger partial charge in [-0.25, -0.2) is 4.57 Å². The molecule has 0 aliphatic heterocycles. The van der Waals surface area contributed by atoms with Crippen LogP contribution in [0.4, 0.5) is 0 Å². The van der Waals surface area contributed by atoms with E-state index in [-0.39, 0.29) is 0 Å². The van der Waals surface area contributed by atoms with E-state index < -0.39 is 0 Å². The van der Waals surface area contributed by atoms with Crippen LogP contribution in [-0.2, 0) is 13.0 Å². The smallest absolute Gasteiger partial charge is 0.169 e. The molecule has 0 saturated carbocycles. The van der Waals surface area contributed by atoms with Crippen molar-refractivity contribution < 1.29 is 4.57 Å². The fraction of sp³-hybridized carbons (Fsp3) is 0.750. The number of pyridine rings is 1. The van der Waals surface area contributed by atoms with Crippen molar-refractivity contribution in [1.29, 1.82) is 0 Å². The molecule has 0 atom stereocenters. The minimum absolute atomic E-state index is 1.18. The molecule has 1 heterocycles. The Balaban J connectivity index is 1.99. The predicted octanol–water partition coefficient (Wildman–Crippen LogP) is 5.85. The van der Waals surface area contributed by atoms with Crippen LogP contribution in [0.15, 0.2) is 24.5 Å². The number of hydrogen-bond acceptors (Lipinski definition) is 0. The van der Waals surface area contributed by atoms with Crippen molar-refractivity contribution in [2.75, 3.05) is 0 Å². The Bertz CT molecular complexity index is 328. The van der Waals surface area contributed by atoms with E-state index >= 15 is 0 Å². The SMILES string of the molecule is CCCCCCCCCCC[n+]1ccc(CCCC)cc1. The van der Waals surface area contributed by atoms with Gasteiger partial charge >= 0.3 is 0 Å². The van der Waals surface area contributed by atoms with Gasteiger partial charge in [0.2, 0.25) is 0 Å². The van der Waals surface area contributed by atoms with E-state index in [1.807, 2.05) is 0 Å². The van der Waals surface area contributed by atoms with Gasteiger partial charge in [0.05, 0.1) is 0 Å². The highest BCUT2D eigenvalue weighted by Crippen LogP contribution is 2.09. The maximum Gasteiger partial charge on any atom is 0.169 e. The number of aryl methyl sites for hydroxylation is 2. The molecule has 120 valence electrons. The Morgan fingerprint density at radius 1 is 0.667 bits per heavy atom. The molecule has 0 aliphatic rings. The minimum Gasteiger partial charge on any atom is -0.205 e. The van der Waals surface area contributed by atoms with Gasteiger partial charge in [0, 0.05) is 18.6 Å². The van der Waals surface area contributed by atoms with Crippen LogP contribution in [0.5, 0.6) is 0 Å². The average molecular weight is 291 g/mol. The molecule has 1 aromatic rings. The van der Waals surface area contributed by atoms with E-state index in [1.165, 1.54) is 89.2 Å². The zero-order chi connectivity index (χ0) is 15.2. The normalized spacial score (nSPS) is 11.0. The summed E-state index contributed by atoms with van der Waals surface area (Å²) in [7, 11) is 0. The standard InChI is InChI=1S/C20H36N/c1-3-5-7-8-9-10-11-12-13-17-21-18-15-20(16-19-21)14-6-4-2/h15-16,18-19H,3-14,17H2,1-2H3/q+1. The lowest BCUT2D eigenvalue weighted by Gasteiger charge is -2.02. The largest absolute Gasteiger partial charge is 0.205 e. The van der Waals surface area contributed by atoms with Crippen LogP contribution in [-0.4, -0.2) is 0 Å². The molecule has 0 amide bonds. The molecule has 1 rings (SSSR count). The van der Waals surface area contributed by atoms with Crippen molar-refractivity contribution >= 4 is 0 Å². The van der Waals surface area contributed by atoms with Crippen molar-refractivity contribution in [3.8, 4) is 0 Å². The third-order valence-corrected chi connectivity index (χ3v) is 4.30. The highest BCUT2D eigenvalue weighted by molar-refractivity contribution is 5.06. The van der Waals surface area contributed by atoms with Crippen molar-refractivity contribution in [3.05, 3.63) is 30.1 Å². The lowest BCUT2D eigenvalue weighted by atomic mass is 10.1. The first-order chi connectivity index (χ1) is 10.4. The molecule has 21 heavy (non-hydrogen) atoms. The van der Waals surface area contributed by atoms with Gasteiger partial charge in [0.15, 0.2) is 12.4 Å². The predicted molar refractivity (Wildman–Crippen MR) is 92.5 cm³/mol. The lowest BCUT2D eigenvalue weighted by molar-refractivity contribution is -0.697. The average Bonchev–Trinajstić information content (AvgIpc) is 2.52. The zero-order valence-corrected chi connectivity index (χ0v) is 14.4. The van der Waals surface area contributed by atoms with Crippen LogP contribution in [0, 0.1) is 0 Å². The van der Waals surface area contributed by atoms with Crippen LogP contribution in [0.2, 0.25) is 0 Å². The maximum atomic E-state index is 2.34. The molecule has 1 aromatic heterocycles. The number of aromatic nitrogens is 1. The van der Waals surface area contributed by atoms with Crippen molar-refractivity contribution in [2.45, 2.75) is 97.4 Å². The highest BCUT2D eigenvalue weighted by atomic mass is 14.9. The molecule has 0 radical (unpaired) electrons. The second-order valence-electron chi connectivity index (χ2n) is 6.38. The second-order valence-corrected chi connectivity index (χ2v) is 6.38. The fourth-order valence-corrected chi connectivity index (χ4v) is 2.79. The van der Waals surface area contributed by atoms with Crippen LogP contribution in [0.1, 0.15) is 90.0 Å². The van der Waals surface area contributed by atoms with E-state index in [9.17, 15) is 0 Å². The molecular formula is C20H36N+. The number of hydrogen-bond donors (Lipinski definition) is 0. The summed E-state index contributed by atoms with van der Waals surface area (Å²) in [6.45, 7) is 5.73. The molecule has 0 aromatic carbocycles. The van der Waals surface area contributed by atoms with Gasteiger partial charge in [-0.2, -0.15) is 0 Å². The lowest BCUT2D eigenvalue weighted by Crippen LogP contribution is -2.32. The van der Waals surface area contributed by atoms with E-state index in [1.54, 1.807) is 0 Å². The third-order valence-electron chi connectivity index (χ3n) is 4.30. The summed E-state index contributed by atoms with van der Waals surface area (Å²) < 4.78 is 2.34. The summed E-state index contributed by atoms with van der Waals surface area (Å²) in [6.07, 6.45) is 21.0. The number of nitrogens with zero attached hydrogens (tertiary/aromatic N) is 1. The third kappa shape index (κ3) is 9.66. The molecule has 0 spiro atoms. The summed E-state index contributed by atoms with van der Waals surface area (Å²) in [6, 6.07) is 4.59. The Kier molecular flexibility index (Phi) is 11.1.